The van der Waals surface area contributed by atoms with Gasteiger partial charge < -0.3 is 19.1 Å². The van der Waals surface area contributed by atoms with Crippen LogP contribution in [0, 0.1) is 0 Å². The number of carbonyl (C=O) groups excluding carboxylic acids is 1. The van der Waals surface area contributed by atoms with Crippen LogP contribution in [0.5, 0.6) is 0 Å². The Morgan fingerprint density at radius 2 is 1.56 bits per heavy atom. The number of imidazole rings is 1. The fraction of sp³-hybridized carbons (Fsp3) is 0.367. The van der Waals surface area contributed by atoms with Gasteiger partial charge in [0.15, 0.2) is 4.90 Å². The van der Waals surface area contributed by atoms with Gasteiger partial charge in [-0.15, -0.1) is 0 Å². The van der Waals surface area contributed by atoms with Crippen LogP contribution in [0.4, 0.5) is 10.6 Å². The molecule has 0 N–H and O–H groups in total. The molecule has 1 aliphatic rings. The van der Waals surface area contributed by atoms with Gasteiger partial charge in [-0.25, -0.2) is 14.8 Å². The van der Waals surface area contributed by atoms with E-state index in [1.165, 1.54) is 0 Å². The lowest BCUT2D eigenvalue weighted by Crippen LogP contribution is -2.50. The van der Waals surface area contributed by atoms with Crippen molar-refractivity contribution in [3.05, 3.63) is 67.1 Å². The predicted molar refractivity (Wildman–Crippen MR) is 155 cm³/mol. The van der Waals surface area contributed by atoms with Crippen molar-refractivity contribution in [3.8, 4) is 22.4 Å². The molecule has 1 amide bonds. The first kappa shape index (κ1) is 27.0. The van der Waals surface area contributed by atoms with Crippen LogP contribution in [0.3, 0.4) is 0 Å². The number of fused-ring (bicyclic) bond motifs is 1. The van der Waals surface area contributed by atoms with Crippen molar-refractivity contribution >= 4 is 28.7 Å². The molecule has 3 aromatic heterocycles. The van der Waals surface area contributed by atoms with Crippen molar-refractivity contribution < 1.29 is 14.1 Å². The van der Waals surface area contributed by atoms with Crippen molar-refractivity contribution in [3.63, 3.8) is 0 Å². The Bertz CT molecular complexity index is 1440. The number of aromatic nitrogens is 3. The molecule has 1 fully saturated rings. The Labute approximate surface area is 232 Å². The lowest BCUT2D eigenvalue weighted by Gasteiger charge is -2.36. The van der Waals surface area contributed by atoms with Gasteiger partial charge in [-0.1, -0.05) is 0 Å². The first-order valence-electron chi connectivity index (χ1n) is 13.3. The maximum Gasteiger partial charge on any atom is 0.410 e. The Hall–Kier alpha value is -3.56. The van der Waals surface area contributed by atoms with Gasteiger partial charge in [0.25, 0.3) is 0 Å². The van der Waals surface area contributed by atoms with E-state index in [1.54, 1.807) is 4.90 Å². The molecule has 5 rings (SSSR count). The predicted octanol–water partition coefficient (Wildman–Crippen LogP) is 5.64. The standard InChI is InChI=1S/C30H35N5O3S/c1-21(2)39(37)25-10-6-22(7-11-25)26-19-32-28-13-9-24(20-35(26)28)23-8-12-27(31-18-23)33-14-16-34(17-15-33)29(36)38-30(3,4)5/h6-13,18-21H,14-17H2,1-5H3. The van der Waals surface area contributed by atoms with Gasteiger partial charge in [0.05, 0.1) is 11.9 Å². The van der Waals surface area contributed by atoms with Crippen molar-refractivity contribution in [2.45, 2.75) is 50.4 Å². The van der Waals surface area contributed by atoms with E-state index in [-0.39, 0.29) is 11.3 Å². The molecule has 1 atom stereocenters. The van der Waals surface area contributed by atoms with Crippen molar-refractivity contribution in [2.24, 2.45) is 0 Å². The number of piperazine rings is 1. The molecule has 8 nitrogen and oxygen atoms in total. The minimum atomic E-state index is -1.01. The molecule has 1 aromatic carbocycles. The second-order valence-corrected chi connectivity index (χ2v) is 13.0. The van der Waals surface area contributed by atoms with E-state index in [9.17, 15) is 9.35 Å². The molecule has 39 heavy (non-hydrogen) atoms. The largest absolute Gasteiger partial charge is 0.611 e. The van der Waals surface area contributed by atoms with Gasteiger partial charge in [0.2, 0.25) is 0 Å². The summed E-state index contributed by atoms with van der Waals surface area (Å²) in [6.07, 6.45) is 5.57. The fourth-order valence-corrected chi connectivity index (χ4v) is 5.53. The van der Waals surface area contributed by atoms with Crippen molar-refractivity contribution in [1.82, 2.24) is 19.3 Å². The Morgan fingerprint density at radius 1 is 0.897 bits per heavy atom. The number of pyridine rings is 2. The summed E-state index contributed by atoms with van der Waals surface area (Å²) < 4.78 is 20.0. The van der Waals surface area contributed by atoms with Crippen LogP contribution in [0.2, 0.25) is 0 Å². The monoisotopic (exact) mass is 545 g/mol. The molecule has 4 aromatic rings. The lowest BCUT2D eigenvalue weighted by molar-refractivity contribution is 0.0240. The topological polar surface area (TPSA) is 86.0 Å². The highest BCUT2D eigenvalue weighted by Crippen LogP contribution is 2.27. The van der Waals surface area contributed by atoms with Crippen LogP contribution in [0.1, 0.15) is 34.6 Å². The van der Waals surface area contributed by atoms with E-state index >= 15 is 0 Å². The Kier molecular flexibility index (Phi) is 7.55. The highest BCUT2D eigenvalue weighted by molar-refractivity contribution is 7.92. The summed E-state index contributed by atoms with van der Waals surface area (Å²) in [6.45, 7) is 12.2. The number of carbonyl (C=O) groups is 1. The van der Waals surface area contributed by atoms with Crippen LogP contribution < -0.4 is 4.90 Å². The first-order chi connectivity index (χ1) is 18.6. The van der Waals surface area contributed by atoms with Crippen LogP contribution >= 0.6 is 0 Å². The second kappa shape index (κ2) is 10.9. The third kappa shape index (κ3) is 6.04. The zero-order chi connectivity index (χ0) is 27.7. The zero-order valence-corrected chi connectivity index (χ0v) is 23.9. The molecule has 0 bridgehead atoms. The lowest BCUT2D eigenvalue weighted by atomic mass is 10.1. The number of nitrogens with zero attached hydrogens (tertiary/aromatic N) is 5. The Morgan fingerprint density at radius 3 is 2.18 bits per heavy atom. The van der Waals surface area contributed by atoms with Gasteiger partial charge in [0, 0.05) is 55.3 Å². The molecule has 9 heteroatoms. The van der Waals surface area contributed by atoms with Gasteiger partial charge in [0.1, 0.15) is 22.3 Å². The highest BCUT2D eigenvalue weighted by Gasteiger charge is 2.26. The summed E-state index contributed by atoms with van der Waals surface area (Å²) in [5.74, 6) is 0.894. The summed E-state index contributed by atoms with van der Waals surface area (Å²) in [4.78, 5) is 26.5. The van der Waals surface area contributed by atoms with E-state index in [4.69, 9.17) is 9.72 Å². The first-order valence-corrected chi connectivity index (χ1v) is 14.5. The maximum atomic E-state index is 12.4. The SMILES string of the molecule is CC(C)[S+]([O-])c1ccc(-c2cnc3ccc(-c4ccc(N5CCN(C(=O)OC(C)(C)C)CC5)nc4)cn23)cc1. The van der Waals surface area contributed by atoms with E-state index in [0.717, 1.165) is 38.7 Å². The number of ether oxygens (including phenoxy) is 1. The molecule has 0 saturated carbocycles. The average molecular weight is 546 g/mol. The molecule has 0 spiro atoms. The van der Waals surface area contributed by atoms with Gasteiger partial charge >= 0.3 is 6.09 Å². The quantitative estimate of drug-likeness (QED) is 0.302. The maximum absolute atomic E-state index is 12.4. The molecule has 4 heterocycles. The molecule has 1 saturated heterocycles. The zero-order valence-electron chi connectivity index (χ0n) is 23.1. The van der Waals surface area contributed by atoms with E-state index in [2.05, 4.69) is 32.6 Å². The van der Waals surface area contributed by atoms with Crippen molar-refractivity contribution in [1.29, 1.82) is 0 Å². The minimum absolute atomic E-state index is 0.0797. The summed E-state index contributed by atoms with van der Waals surface area (Å²) in [5, 5.41) is 0.0797. The molecule has 1 aliphatic heterocycles. The molecular formula is C30H35N5O3S. The molecular weight excluding hydrogens is 510 g/mol. The van der Waals surface area contributed by atoms with Crippen molar-refractivity contribution in [2.75, 3.05) is 31.1 Å². The summed E-state index contributed by atoms with van der Waals surface area (Å²) in [5.41, 5.74) is 4.40. The molecule has 1 unspecified atom stereocenters. The number of amides is 1. The van der Waals surface area contributed by atoms with Crippen LogP contribution in [-0.4, -0.2) is 66.9 Å². The van der Waals surface area contributed by atoms with E-state index in [1.807, 2.05) is 83.4 Å². The van der Waals surface area contributed by atoms with Gasteiger partial charge in [-0.3, -0.25) is 4.40 Å². The van der Waals surface area contributed by atoms with E-state index < -0.39 is 16.8 Å². The third-order valence-corrected chi connectivity index (χ3v) is 8.25. The molecule has 0 aliphatic carbocycles. The van der Waals surface area contributed by atoms with Gasteiger partial charge in [-0.2, -0.15) is 0 Å². The smallest absolute Gasteiger partial charge is 0.410 e. The van der Waals surface area contributed by atoms with E-state index in [0.29, 0.717) is 26.2 Å². The highest BCUT2D eigenvalue weighted by atomic mass is 32.2. The molecule has 0 radical (unpaired) electrons. The normalized spacial score (nSPS) is 15.2. The summed E-state index contributed by atoms with van der Waals surface area (Å²) >= 11 is -1.01. The number of hydrogen-bond acceptors (Lipinski definition) is 6. The van der Waals surface area contributed by atoms with Crippen LogP contribution in [0.25, 0.3) is 28.0 Å². The number of rotatable bonds is 5. The average Bonchev–Trinajstić information content (AvgIpc) is 3.35. The van der Waals surface area contributed by atoms with Gasteiger partial charge in [-0.05, 0) is 94.3 Å². The Balaban J connectivity index is 1.30. The number of hydrogen-bond donors (Lipinski definition) is 0. The second-order valence-electron chi connectivity index (χ2n) is 11.0. The summed E-state index contributed by atoms with van der Waals surface area (Å²) in [6, 6.07) is 16.0. The fourth-order valence-electron chi connectivity index (χ4n) is 4.59. The number of anilines is 1. The van der Waals surface area contributed by atoms with Crippen LogP contribution in [0.15, 0.2) is 72.0 Å². The minimum Gasteiger partial charge on any atom is -0.611 e. The molecule has 204 valence electrons. The third-order valence-electron chi connectivity index (χ3n) is 6.65. The summed E-state index contributed by atoms with van der Waals surface area (Å²) in [7, 11) is 0. The number of benzene rings is 1. The van der Waals surface area contributed by atoms with Crippen LogP contribution in [-0.2, 0) is 15.9 Å².